The van der Waals surface area contributed by atoms with E-state index in [0.717, 1.165) is 12.5 Å². The van der Waals surface area contributed by atoms with Crippen LogP contribution >= 0.6 is 0 Å². The highest BCUT2D eigenvalue weighted by molar-refractivity contribution is 5.78. The van der Waals surface area contributed by atoms with E-state index in [2.05, 4.69) is 5.32 Å². The highest BCUT2D eigenvalue weighted by Crippen LogP contribution is 2.15. The van der Waals surface area contributed by atoms with Crippen molar-refractivity contribution in [3.8, 4) is 5.75 Å². The molecule has 0 saturated carbocycles. The molecule has 82 valence electrons. The largest absolute Gasteiger partial charge is 0.508 e. The second-order valence-corrected chi connectivity index (χ2v) is 3.30. The van der Waals surface area contributed by atoms with Crippen LogP contribution in [0.5, 0.6) is 5.75 Å². The van der Waals surface area contributed by atoms with E-state index >= 15 is 0 Å². The molecule has 0 heterocycles. The van der Waals surface area contributed by atoms with Crippen LogP contribution in [0.4, 0.5) is 4.39 Å². The van der Waals surface area contributed by atoms with Crippen LogP contribution < -0.4 is 5.32 Å². The lowest BCUT2D eigenvalue weighted by Crippen LogP contribution is -2.25. The molecular weight excluding hydrogens is 197 g/mol. The highest BCUT2D eigenvalue weighted by atomic mass is 19.1. The second-order valence-electron chi connectivity index (χ2n) is 3.30. The van der Waals surface area contributed by atoms with E-state index in [9.17, 15) is 9.18 Å². The minimum absolute atomic E-state index is 0.0327. The average Bonchev–Trinajstić information content (AvgIpc) is 2.20. The van der Waals surface area contributed by atoms with Crippen molar-refractivity contribution in [2.75, 3.05) is 6.54 Å². The molecule has 1 aromatic carbocycles. The number of aromatic hydroxyl groups is 1. The predicted octanol–water partition coefficient (Wildman–Crippen LogP) is 1.60. The monoisotopic (exact) mass is 211 g/mol. The number of nitrogens with one attached hydrogen (secondary N) is 1. The van der Waals surface area contributed by atoms with E-state index in [4.69, 9.17) is 5.11 Å². The summed E-state index contributed by atoms with van der Waals surface area (Å²) in [5.41, 5.74) is 0.212. The molecule has 4 heteroatoms. The zero-order chi connectivity index (χ0) is 11.3. The summed E-state index contributed by atoms with van der Waals surface area (Å²) in [4.78, 5) is 11.3. The van der Waals surface area contributed by atoms with E-state index in [0.29, 0.717) is 6.54 Å². The first-order chi connectivity index (χ1) is 7.13. The lowest BCUT2D eigenvalue weighted by Gasteiger charge is -2.05. The second kappa shape index (κ2) is 5.34. The minimum atomic E-state index is -0.473. The van der Waals surface area contributed by atoms with E-state index in [1.54, 1.807) is 0 Å². The van der Waals surface area contributed by atoms with Crippen LogP contribution in [0.15, 0.2) is 18.2 Å². The molecule has 15 heavy (non-hydrogen) atoms. The predicted molar refractivity (Wildman–Crippen MR) is 55.1 cm³/mol. The quantitative estimate of drug-likeness (QED) is 0.794. The van der Waals surface area contributed by atoms with Crippen LogP contribution in [0.1, 0.15) is 18.9 Å². The first-order valence-electron chi connectivity index (χ1n) is 4.87. The lowest BCUT2D eigenvalue weighted by molar-refractivity contribution is -0.120. The molecule has 1 amide bonds. The fourth-order valence-corrected chi connectivity index (χ4v) is 1.20. The van der Waals surface area contributed by atoms with E-state index in [-0.39, 0.29) is 23.6 Å². The van der Waals surface area contributed by atoms with Crippen molar-refractivity contribution in [1.29, 1.82) is 0 Å². The number of phenols is 1. The summed E-state index contributed by atoms with van der Waals surface area (Å²) in [5, 5.41) is 11.8. The van der Waals surface area contributed by atoms with Gasteiger partial charge in [0.2, 0.25) is 5.91 Å². The zero-order valence-electron chi connectivity index (χ0n) is 8.59. The number of phenolic OH excluding ortho intramolecular Hbond substituents is 1. The summed E-state index contributed by atoms with van der Waals surface area (Å²) in [7, 11) is 0. The number of carbonyl (C=O) groups excluding carboxylic acids is 1. The average molecular weight is 211 g/mol. The summed E-state index contributed by atoms with van der Waals surface area (Å²) >= 11 is 0. The van der Waals surface area contributed by atoms with Crippen molar-refractivity contribution < 1.29 is 14.3 Å². The molecule has 0 aliphatic heterocycles. The van der Waals surface area contributed by atoms with E-state index in [1.807, 2.05) is 6.92 Å². The summed E-state index contributed by atoms with van der Waals surface area (Å²) in [6.45, 7) is 2.52. The SMILES string of the molecule is CCCNC(=O)Cc1cc(O)ccc1F. The number of benzene rings is 1. The number of carbonyl (C=O) groups is 1. The van der Waals surface area contributed by atoms with Gasteiger partial charge in [-0.25, -0.2) is 4.39 Å². The molecule has 0 spiro atoms. The maximum absolute atomic E-state index is 13.2. The fourth-order valence-electron chi connectivity index (χ4n) is 1.20. The Hall–Kier alpha value is -1.58. The smallest absolute Gasteiger partial charge is 0.224 e. The Morgan fingerprint density at radius 1 is 1.53 bits per heavy atom. The number of halogens is 1. The van der Waals surface area contributed by atoms with Gasteiger partial charge in [0, 0.05) is 12.1 Å². The van der Waals surface area contributed by atoms with Crippen molar-refractivity contribution in [3.63, 3.8) is 0 Å². The Morgan fingerprint density at radius 3 is 2.93 bits per heavy atom. The molecule has 0 bridgehead atoms. The summed E-state index contributed by atoms with van der Waals surface area (Å²) in [6, 6.07) is 3.67. The van der Waals surface area contributed by atoms with Crippen LogP contribution in [0.3, 0.4) is 0 Å². The Balaban J connectivity index is 2.63. The topological polar surface area (TPSA) is 49.3 Å². The van der Waals surface area contributed by atoms with Gasteiger partial charge in [-0.3, -0.25) is 4.79 Å². The van der Waals surface area contributed by atoms with Crippen molar-refractivity contribution in [3.05, 3.63) is 29.6 Å². The van der Waals surface area contributed by atoms with E-state index < -0.39 is 5.82 Å². The van der Waals surface area contributed by atoms with Gasteiger partial charge >= 0.3 is 0 Å². The van der Waals surface area contributed by atoms with Crippen LogP contribution in [0, 0.1) is 5.82 Å². The number of amides is 1. The molecule has 0 fully saturated rings. The lowest BCUT2D eigenvalue weighted by atomic mass is 10.1. The molecule has 2 N–H and O–H groups in total. The van der Waals surface area contributed by atoms with Gasteiger partial charge in [0.25, 0.3) is 0 Å². The highest BCUT2D eigenvalue weighted by Gasteiger charge is 2.08. The number of rotatable bonds is 4. The number of hydrogen-bond donors (Lipinski definition) is 2. The Labute approximate surface area is 87.9 Å². The molecule has 0 radical (unpaired) electrons. The third-order valence-electron chi connectivity index (χ3n) is 1.95. The molecular formula is C11H14FNO2. The standard InChI is InChI=1S/C11H14FNO2/c1-2-5-13-11(15)7-8-6-9(14)3-4-10(8)12/h3-4,6,14H,2,5,7H2,1H3,(H,13,15). The number of hydrogen-bond acceptors (Lipinski definition) is 2. The first-order valence-corrected chi connectivity index (χ1v) is 4.87. The van der Waals surface area contributed by atoms with Gasteiger partial charge < -0.3 is 10.4 Å². The normalized spacial score (nSPS) is 10.0. The first kappa shape index (κ1) is 11.5. The Morgan fingerprint density at radius 2 is 2.27 bits per heavy atom. The summed E-state index contributed by atoms with van der Waals surface area (Å²) in [6.07, 6.45) is 0.800. The van der Waals surface area contributed by atoms with Crippen LogP contribution in [0.25, 0.3) is 0 Å². The Kier molecular flexibility index (Phi) is 4.09. The molecule has 0 aliphatic rings. The van der Waals surface area contributed by atoms with Crippen molar-refractivity contribution >= 4 is 5.91 Å². The van der Waals surface area contributed by atoms with E-state index in [1.165, 1.54) is 12.1 Å². The Bertz CT molecular complexity index is 352. The van der Waals surface area contributed by atoms with Crippen LogP contribution in [-0.4, -0.2) is 17.6 Å². The third-order valence-corrected chi connectivity index (χ3v) is 1.95. The van der Waals surface area contributed by atoms with Gasteiger partial charge in [-0.15, -0.1) is 0 Å². The van der Waals surface area contributed by atoms with Gasteiger partial charge in [-0.2, -0.15) is 0 Å². The van der Waals surface area contributed by atoms with Gasteiger partial charge in [0.05, 0.1) is 6.42 Å². The molecule has 0 saturated heterocycles. The van der Waals surface area contributed by atoms with Gasteiger partial charge in [0.15, 0.2) is 0 Å². The molecule has 0 unspecified atom stereocenters. The zero-order valence-corrected chi connectivity index (χ0v) is 8.59. The van der Waals surface area contributed by atoms with Gasteiger partial charge in [0.1, 0.15) is 11.6 Å². The van der Waals surface area contributed by atoms with Gasteiger partial charge in [-0.1, -0.05) is 6.92 Å². The molecule has 0 aromatic heterocycles. The van der Waals surface area contributed by atoms with Gasteiger partial charge in [-0.05, 0) is 24.6 Å². The molecule has 1 rings (SSSR count). The molecule has 3 nitrogen and oxygen atoms in total. The fraction of sp³-hybridized carbons (Fsp3) is 0.364. The van der Waals surface area contributed by atoms with Crippen molar-refractivity contribution in [1.82, 2.24) is 5.32 Å². The van der Waals surface area contributed by atoms with Crippen LogP contribution in [0.2, 0.25) is 0 Å². The maximum Gasteiger partial charge on any atom is 0.224 e. The minimum Gasteiger partial charge on any atom is -0.508 e. The van der Waals surface area contributed by atoms with Crippen molar-refractivity contribution in [2.24, 2.45) is 0 Å². The summed E-state index contributed by atoms with van der Waals surface area (Å²) < 4.78 is 13.2. The van der Waals surface area contributed by atoms with Crippen molar-refractivity contribution in [2.45, 2.75) is 19.8 Å². The summed E-state index contributed by atoms with van der Waals surface area (Å²) in [5.74, 6) is -0.740. The third kappa shape index (κ3) is 3.58. The maximum atomic E-state index is 13.2. The molecule has 0 aliphatic carbocycles. The van der Waals surface area contributed by atoms with Crippen LogP contribution in [-0.2, 0) is 11.2 Å². The molecule has 0 atom stereocenters. The molecule has 1 aromatic rings.